The van der Waals surface area contributed by atoms with Crippen molar-refractivity contribution in [2.75, 3.05) is 0 Å². The van der Waals surface area contributed by atoms with E-state index in [1.807, 2.05) is 0 Å². The molecule has 0 spiro atoms. The maximum absolute atomic E-state index is 4.80. The molecule has 1 heterocycles. The van der Waals surface area contributed by atoms with Crippen molar-refractivity contribution in [2.45, 2.75) is 5.41 Å². The average molecular weight is 369 g/mol. The van der Waals surface area contributed by atoms with E-state index in [1.54, 1.807) is 0 Å². The summed E-state index contributed by atoms with van der Waals surface area (Å²) in [6.45, 7) is 0. The summed E-state index contributed by atoms with van der Waals surface area (Å²) in [6.07, 6.45) is 2.06. The molecule has 0 fully saturated rings. The summed E-state index contributed by atoms with van der Waals surface area (Å²) < 4.78 is 0. The van der Waals surface area contributed by atoms with Gasteiger partial charge in [0.1, 0.15) is 0 Å². The molecule has 1 nitrogen and oxygen atoms in total. The van der Waals surface area contributed by atoms with Crippen molar-refractivity contribution in [2.24, 2.45) is 0 Å². The zero-order valence-corrected chi connectivity index (χ0v) is 15.9. The van der Waals surface area contributed by atoms with Gasteiger partial charge in [0, 0.05) is 17.1 Å². The molecule has 0 radical (unpaired) electrons. The van der Waals surface area contributed by atoms with Crippen LogP contribution in [-0.2, 0) is 5.41 Å². The highest BCUT2D eigenvalue weighted by Crippen LogP contribution is 2.57. The van der Waals surface area contributed by atoms with Crippen LogP contribution in [-0.4, -0.2) is 4.98 Å². The molecular formula is C28H19N. The van der Waals surface area contributed by atoms with Gasteiger partial charge in [0.25, 0.3) is 0 Å². The van der Waals surface area contributed by atoms with Crippen LogP contribution in [0.4, 0.5) is 0 Å². The van der Waals surface area contributed by atoms with Crippen LogP contribution < -0.4 is 0 Å². The number of hydrogen-bond donors (Lipinski definition) is 0. The number of aromatic nitrogens is 1. The first-order valence-electron chi connectivity index (χ1n) is 10.00. The molecule has 5 aromatic rings. The molecule has 6 rings (SSSR count). The molecule has 1 aliphatic rings. The van der Waals surface area contributed by atoms with E-state index in [4.69, 9.17) is 4.98 Å². The Morgan fingerprint density at radius 3 is 1.83 bits per heavy atom. The Morgan fingerprint density at radius 2 is 1.10 bits per heavy atom. The SMILES string of the molecule is c1ccc(C2(c3ccccc3)c3ccccc3-c3cnc4ccccc4c32)cc1. The van der Waals surface area contributed by atoms with E-state index in [0.29, 0.717) is 0 Å². The molecule has 4 aromatic carbocycles. The first-order chi connectivity index (χ1) is 14.4. The number of hydrogen-bond acceptors (Lipinski definition) is 1. The van der Waals surface area contributed by atoms with Crippen LogP contribution in [0.5, 0.6) is 0 Å². The average Bonchev–Trinajstić information content (AvgIpc) is 3.12. The maximum Gasteiger partial charge on any atom is 0.0720 e. The highest BCUT2D eigenvalue weighted by Gasteiger charge is 2.47. The van der Waals surface area contributed by atoms with E-state index < -0.39 is 0 Å². The lowest BCUT2D eigenvalue weighted by molar-refractivity contribution is 0.775. The number of pyridine rings is 1. The predicted octanol–water partition coefficient (Wildman–Crippen LogP) is 6.60. The number of para-hydroxylation sites is 1. The van der Waals surface area contributed by atoms with Gasteiger partial charge < -0.3 is 0 Å². The summed E-state index contributed by atoms with van der Waals surface area (Å²) in [5, 5.41) is 1.22. The molecule has 0 aliphatic heterocycles. The fourth-order valence-corrected chi connectivity index (χ4v) is 5.07. The van der Waals surface area contributed by atoms with Crippen LogP contribution in [0.3, 0.4) is 0 Å². The molecule has 1 aromatic heterocycles. The summed E-state index contributed by atoms with van der Waals surface area (Å²) in [5.41, 5.74) is 8.40. The summed E-state index contributed by atoms with van der Waals surface area (Å²) in [6, 6.07) is 39.1. The second-order valence-electron chi connectivity index (χ2n) is 7.59. The van der Waals surface area contributed by atoms with Crippen molar-refractivity contribution >= 4 is 10.9 Å². The van der Waals surface area contributed by atoms with E-state index in [9.17, 15) is 0 Å². The predicted molar refractivity (Wildman–Crippen MR) is 119 cm³/mol. The maximum atomic E-state index is 4.80. The van der Waals surface area contributed by atoms with Gasteiger partial charge in [0.15, 0.2) is 0 Å². The second-order valence-corrected chi connectivity index (χ2v) is 7.59. The Kier molecular flexibility index (Phi) is 3.45. The minimum atomic E-state index is -0.364. The summed E-state index contributed by atoms with van der Waals surface area (Å²) >= 11 is 0. The van der Waals surface area contributed by atoms with Crippen LogP contribution in [0.1, 0.15) is 22.3 Å². The molecule has 29 heavy (non-hydrogen) atoms. The molecule has 0 N–H and O–H groups in total. The van der Waals surface area contributed by atoms with Crippen LogP contribution in [0.25, 0.3) is 22.0 Å². The van der Waals surface area contributed by atoms with Crippen molar-refractivity contribution in [3.8, 4) is 11.1 Å². The fraction of sp³-hybridized carbons (Fsp3) is 0.0357. The molecular weight excluding hydrogens is 350 g/mol. The third kappa shape index (κ3) is 2.13. The van der Waals surface area contributed by atoms with Gasteiger partial charge in [0.05, 0.1) is 10.9 Å². The number of nitrogens with zero attached hydrogens (tertiary/aromatic N) is 1. The van der Waals surface area contributed by atoms with Gasteiger partial charge in [-0.25, -0.2) is 0 Å². The lowest BCUT2D eigenvalue weighted by atomic mass is 9.67. The number of benzene rings is 4. The normalized spacial score (nSPS) is 13.8. The monoisotopic (exact) mass is 369 g/mol. The van der Waals surface area contributed by atoms with E-state index in [0.717, 1.165) is 5.52 Å². The van der Waals surface area contributed by atoms with E-state index in [1.165, 1.54) is 38.8 Å². The molecule has 136 valence electrons. The molecule has 0 bridgehead atoms. The van der Waals surface area contributed by atoms with Crippen LogP contribution in [0, 0.1) is 0 Å². The van der Waals surface area contributed by atoms with Crippen LogP contribution in [0.15, 0.2) is 115 Å². The smallest absolute Gasteiger partial charge is 0.0720 e. The van der Waals surface area contributed by atoms with Crippen molar-refractivity contribution in [3.63, 3.8) is 0 Å². The van der Waals surface area contributed by atoms with Crippen LogP contribution in [0.2, 0.25) is 0 Å². The van der Waals surface area contributed by atoms with Crippen molar-refractivity contribution < 1.29 is 0 Å². The highest BCUT2D eigenvalue weighted by atomic mass is 14.7. The van der Waals surface area contributed by atoms with Crippen LogP contribution >= 0.6 is 0 Å². The molecule has 0 amide bonds. The molecule has 0 unspecified atom stereocenters. The van der Waals surface area contributed by atoms with E-state index in [2.05, 4.69) is 115 Å². The lowest BCUT2D eigenvalue weighted by Gasteiger charge is -2.34. The Hall–Kier alpha value is -3.71. The number of rotatable bonds is 2. The minimum Gasteiger partial charge on any atom is -0.256 e. The molecule has 0 saturated carbocycles. The third-order valence-electron chi connectivity index (χ3n) is 6.19. The molecule has 1 aliphatic carbocycles. The summed E-state index contributed by atoms with van der Waals surface area (Å²) in [5.74, 6) is 0. The summed E-state index contributed by atoms with van der Waals surface area (Å²) in [4.78, 5) is 4.80. The Labute approximate surface area is 170 Å². The van der Waals surface area contributed by atoms with E-state index in [-0.39, 0.29) is 5.41 Å². The first-order valence-corrected chi connectivity index (χ1v) is 10.00. The fourth-order valence-electron chi connectivity index (χ4n) is 5.07. The van der Waals surface area contributed by atoms with Gasteiger partial charge in [0.2, 0.25) is 0 Å². The van der Waals surface area contributed by atoms with Gasteiger partial charge in [-0.2, -0.15) is 0 Å². The quantitative estimate of drug-likeness (QED) is 0.335. The van der Waals surface area contributed by atoms with E-state index >= 15 is 0 Å². The van der Waals surface area contributed by atoms with Crippen molar-refractivity contribution in [1.82, 2.24) is 4.98 Å². The minimum absolute atomic E-state index is 0.364. The Bertz CT molecular complexity index is 1300. The zero-order valence-electron chi connectivity index (χ0n) is 15.9. The lowest BCUT2D eigenvalue weighted by Crippen LogP contribution is -2.28. The first kappa shape index (κ1) is 16.3. The van der Waals surface area contributed by atoms with Gasteiger partial charge in [-0.15, -0.1) is 0 Å². The van der Waals surface area contributed by atoms with Gasteiger partial charge >= 0.3 is 0 Å². The second kappa shape index (κ2) is 6.15. The van der Waals surface area contributed by atoms with Crippen molar-refractivity contribution in [3.05, 3.63) is 138 Å². The number of fused-ring (bicyclic) bond motifs is 5. The Morgan fingerprint density at radius 1 is 0.517 bits per heavy atom. The highest BCUT2D eigenvalue weighted by molar-refractivity contribution is 5.98. The molecule has 0 atom stereocenters. The Balaban J connectivity index is 1.88. The van der Waals surface area contributed by atoms with Crippen molar-refractivity contribution in [1.29, 1.82) is 0 Å². The molecule has 0 saturated heterocycles. The third-order valence-corrected chi connectivity index (χ3v) is 6.19. The van der Waals surface area contributed by atoms with Gasteiger partial charge in [-0.1, -0.05) is 103 Å². The zero-order chi connectivity index (χ0) is 19.3. The summed E-state index contributed by atoms with van der Waals surface area (Å²) in [7, 11) is 0. The van der Waals surface area contributed by atoms with Gasteiger partial charge in [-0.3, -0.25) is 4.98 Å². The topological polar surface area (TPSA) is 12.9 Å². The largest absolute Gasteiger partial charge is 0.256 e. The van der Waals surface area contributed by atoms with Gasteiger partial charge in [-0.05, 0) is 33.9 Å². The standard InChI is InChI=1S/C28H19N/c1-3-11-20(12-4-1)28(21-13-5-2-6-14-21)25-17-9-7-15-22(25)24-19-29-26-18-10-8-16-23(26)27(24)28/h1-19H. The molecule has 1 heteroatoms.